The van der Waals surface area contributed by atoms with Gasteiger partial charge in [0.2, 0.25) is 0 Å². The van der Waals surface area contributed by atoms with E-state index >= 15 is 0 Å². The first kappa shape index (κ1) is 25.3. The number of hydrogen-bond donors (Lipinski definition) is 1. The Morgan fingerprint density at radius 3 is 1.58 bits per heavy atom. The Hall–Kier alpha value is -1.92. The van der Waals surface area contributed by atoms with Crippen molar-refractivity contribution in [2.75, 3.05) is 79.8 Å². The van der Waals surface area contributed by atoms with E-state index in [0.29, 0.717) is 70.6 Å². The van der Waals surface area contributed by atoms with E-state index in [4.69, 9.17) is 33.5 Å². The molecule has 1 unspecified atom stereocenters. The smallest absolute Gasteiger partial charge is 0.263 e. The van der Waals surface area contributed by atoms with Crippen LogP contribution in [0.5, 0.6) is 0 Å². The molecule has 0 spiro atoms. The van der Waals surface area contributed by atoms with Crippen LogP contribution in [-0.2, 0) is 28.4 Å². The number of imide groups is 1. The van der Waals surface area contributed by atoms with Gasteiger partial charge in [-0.3, -0.25) is 9.59 Å². The number of fused-ring (bicyclic) bond motifs is 1. The number of methoxy groups -OCH3 is 1. The lowest BCUT2D eigenvalue weighted by atomic mass is 10.1. The maximum atomic E-state index is 12.5. The quantitative estimate of drug-likeness (QED) is 0.254. The number of ether oxygens (including phenoxy) is 6. The molecule has 1 aromatic carbocycles. The number of carbonyl (C=O) groups excluding carboxylic acids is 2. The lowest BCUT2D eigenvalue weighted by molar-refractivity contribution is -0.0666. The van der Waals surface area contributed by atoms with Gasteiger partial charge in [-0.1, -0.05) is 12.1 Å². The average Bonchev–Trinajstić information content (AvgIpc) is 3.04. The zero-order chi connectivity index (χ0) is 22.3. The Bertz CT molecular complexity index is 635. The van der Waals surface area contributed by atoms with E-state index in [1.54, 1.807) is 24.3 Å². The molecule has 1 atom stereocenters. The van der Waals surface area contributed by atoms with Crippen molar-refractivity contribution in [3.05, 3.63) is 35.4 Å². The van der Waals surface area contributed by atoms with Gasteiger partial charge in [0.25, 0.3) is 11.8 Å². The van der Waals surface area contributed by atoms with E-state index in [-0.39, 0.29) is 25.0 Å². The number of amides is 2. The first-order chi connectivity index (χ1) is 15.2. The van der Waals surface area contributed by atoms with Crippen molar-refractivity contribution in [2.45, 2.75) is 6.23 Å². The summed E-state index contributed by atoms with van der Waals surface area (Å²) in [5, 5.41) is 8.55. The summed E-state index contributed by atoms with van der Waals surface area (Å²) in [4.78, 5) is 26.0. The molecule has 0 aromatic heterocycles. The molecule has 0 bridgehead atoms. The predicted octanol–water partition coefficient (Wildman–Crippen LogP) is 0.330. The molecule has 0 radical (unpaired) electrons. The third-order valence-electron chi connectivity index (χ3n) is 4.37. The largest absolute Gasteiger partial charge is 0.394 e. The van der Waals surface area contributed by atoms with Crippen molar-refractivity contribution in [1.82, 2.24) is 4.90 Å². The number of carbonyl (C=O) groups is 2. The van der Waals surface area contributed by atoms with Crippen LogP contribution in [0.25, 0.3) is 0 Å². The van der Waals surface area contributed by atoms with Crippen LogP contribution in [0.4, 0.5) is 0 Å². The Kier molecular flexibility index (Phi) is 12.2. The van der Waals surface area contributed by atoms with Crippen LogP contribution in [-0.4, -0.2) is 108 Å². The van der Waals surface area contributed by atoms with Gasteiger partial charge in [-0.15, -0.1) is 0 Å². The molecule has 0 saturated heterocycles. The van der Waals surface area contributed by atoms with Crippen molar-refractivity contribution in [3.8, 4) is 0 Å². The average molecular weight is 441 g/mol. The van der Waals surface area contributed by atoms with Crippen LogP contribution in [0.1, 0.15) is 20.7 Å². The fraction of sp³-hybridized carbons (Fsp3) is 0.619. The van der Waals surface area contributed by atoms with Crippen molar-refractivity contribution in [1.29, 1.82) is 0 Å². The van der Waals surface area contributed by atoms with E-state index in [9.17, 15) is 9.59 Å². The molecule has 31 heavy (non-hydrogen) atoms. The lowest BCUT2D eigenvalue weighted by Gasteiger charge is -2.24. The normalized spacial score (nSPS) is 14.3. The van der Waals surface area contributed by atoms with Gasteiger partial charge in [0, 0.05) is 7.11 Å². The highest BCUT2D eigenvalue weighted by molar-refractivity contribution is 6.21. The number of benzene rings is 1. The summed E-state index contributed by atoms with van der Waals surface area (Å²) < 4.78 is 31.9. The molecule has 1 N–H and O–H groups in total. The zero-order valence-corrected chi connectivity index (χ0v) is 17.8. The molecule has 174 valence electrons. The van der Waals surface area contributed by atoms with E-state index in [1.165, 1.54) is 7.11 Å². The van der Waals surface area contributed by atoms with Crippen molar-refractivity contribution < 1.29 is 43.1 Å². The lowest BCUT2D eigenvalue weighted by Crippen LogP contribution is -2.44. The fourth-order valence-electron chi connectivity index (χ4n) is 2.85. The Balaban J connectivity index is 1.48. The van der Waals surface area contributed by atoms with Crippen LogP contribution in [0.3, 0.4) is 0 Å². The first-order valence-electron chi connectivity index (χ1n) is 10.2. The molecule has 10 nitrogen and oxygen atoms in total. The van der Waals surface area contributed by atoms with Gasteiger partial charge in [0.05, 0.1) is 83.8 Å². The van der Waals surface area contributed by atoms with E-state index in [1.807, 2.05) is 0 Å². The van der Waals surface area contributed by atoms with Gasteiger partial charge < -0.3 is 33.5 Å². The minimum atomic E-state index is -0.801. The predicted molar refractivity (Wildman–Crippen MR) is 109 cm³/mol. The molecular weight excluding hydrogens is 410 g/mol. The minimum Gasteiger partial charge on any atom is -0.394 e. The second kappa shape index (κ2) is 15.0. The third kappa shape index (κ3) is 8.26. The Morgan fingerprint density at radius 2 is 1.16 bits per heavy atom. The summed E-state index contributed by atoms with van der Waals surface area (Å²) in [5.41, 5.74) is 0.747. The van der Waals surface area contributed by atoms with Crippen LogP contribution in [0.15, 0.2) is 24.3 Å². The molecule has 1 aliphatic rings. The summed E-state index contributed by atoms with van der Waals surface area (Å²) >= 11 is 0. The molecular formula is C21H31NO9. The molecule has 1 aromatic rings. The SMILES string of the molecule is COC(COCCOCCOCCOCCOCCO)N1C(=O)c2ccccc2C1=O. The summed E-state index contributed by atoms with van der Waals surface area (Å²) in [5.74, 6) is -0.766. The van der Waals surface area contributed by atoms with Gasteiger partial charge >= 0.3 is 0 Å². The highest BCUT2D eigenvalue weighted by Crippen LogP contribution is 2.24. The van der Waals surface area contributed by atoms with Gasteiger partial charge in [-0.25, -0.2) is 4.90 Å². The highest BCUT2D eigenvalue weighted by atomic mass is 16.6. The first-order valence-corrected chi connectivity index (χ1v) is 10.2. The summed E-state index contributed by atoms with van der Waals surface area (Å²) in [7, 11) is 1.43. The van der Waals surface area contributed by atoms with Gasteiger partial charge in [-0.2, -0.15) is 0 Å². The van der Waals surface area contributed by atoms with Gasteiger partial charge in [0.1, 0.15) is 0 Å². The van der Waals surface area contributed by atoms with Crippen molar-refractivity contribution >= 4 is 11.8 Å². The van der Waals surface area contributed by atoms with E-state index < -0.39 is 6.23 Å². The maximum absolute atomic E-state index is 12.5. The number of hydrogen-bond acceptors (Lipinski definition) is 9. The van der Waals surface area contributed by atoms with Crippen LogP contribution >= 0.6 is 0 Å². The number of nitrogens with zero attached hydrogens (tertiary/aromatic N) is 1. The number of rotatable bonds is 18. The number of aliphatic hydroxyl groups is 1. The Labute approximate surface area is 181 Å². The van der Waals surface area contributed by atoms with Crippen LogP contribution < -0.4 is 0 Å². The van der Waals surface area contributed by atoms with E-state index in [0.717, 1.165) is 4.90 Å². The zero-order valence-electron chi connectivity index (χ0n) is 17.8. The summed E-state index contributed by atoms with van der Waals surface area (Å²) in [6.07, 6.45) is -0.801. The molecule has 0 saturated carbocycles. The fourth-order valence-corrected chi connectivity index (χ4v) is 2.85. The Morgan fingerprint density at radius 1 is 0.742 bits per heavy atom. The van der Waals surface area contributed by atoms with Crippen LogP contribution in [0, 0.1) is 0 Å². The molecule has 2 amide bonds. The van der Waals surface area contributed by atoms with Gasteiger partial charge in [-0.05, 0) is 12.1 Å². The second-order valence-corrected chi connectivity index (χ2v) is 6.46. The second-order valence-electron chi connectivity index (χ2n) is 6.46. The summed E-state index contributed by atoms with van der Waals surface area (Å²) in [6.45, 7) is 3.68. The molecule has 1 aliphatic heterocycles. The van der Waals surface area contributed by atoms with Crippen LogP contribution in [0.2, 0.25) is 0 Å². The number of aliphatic hydroxyl groups excluding tert-OH is 1. The van der Waals surface area contributed by atoms with Gasteiger partial charge in [0.15, 0.2) is 6.23 Å². The molecule has 1 heterocycles. The molecule has 0 fully saturated rings. The monoisotopic (exact) mass is 441 g/mol. The maximum Gasteiger partial charge on any atom is 0.263 e. The summed E-state index contributed by atoms with van der Waals surface area (Å²) in [6, 6.07) is 6.68. The minimum absolute atomic E-state index is 0.00764. The van der Waals surface area contributed by atoms with E-state index in [2.05, 4.69) is 0 Å². The molecule has 0 aliphatic carbocycles. The van der Waals surface area contributed by atoms with Crippen molar-refractivity contribution in [3.63, 3.8) is 0 Å². The topological polar surface area (TPSA) is 113 Å². The standard InChI is InChI=1S/C21H31NO9/c1-26-19(22-20(24)17-4-2-3-5-18(17)21(22)25)16-31-15-14-30-13-12-29-11-10-28-9-8-27-7-6-23/h2-5,19,23H,6-16H2,1H3. The highest BCUT2D eigenvalue weighted by Gasteiger charge is 2.40. The third-order valence-corrected chi connectivity index (χ3v) is 4.37. The molecule has 10 heteroatoms. The molecule has 2 rings (SSSR count). The van der Waals surface area contributed by atoms with Crippen molar-refractivity contribution in [2.24, 2.45) is 0 Å².